The fraction of sp³-hybridized carbons (Fsp3) is 1.00. The Kier molecular flexibility index (Phi) is 5.94. The molecule has 3 atom stereocenters. The third kappa shape index (κ3) is 4.26. The van der Waals surface area contributed by atoms with Crippen LogP contribution in [0, 0.1) is 5.92 Å². The standard InChI is InChI=1S/C15H32N2/c1-6-9-13(4)11-17-12-15(5,8-3)16-10-14(17)7-2/h13-14,16H,6-12H2,1-5H3. The van der Waals surface area contributed by atoms with Crippen LogP contribution in [0.15, 0.2) is 0 Å². The Morgan fingerprint density at radius 1 is 1.35 bits per heavy atom. The summed E-state index contributed by atoms with van der Waals surface area (Å²) in [6.45, 7) is 15.4. The van der Waals surface area contributed by atoms with Crippen LogP contribution >= 0.6 is 0 Å². The molecule has 1 aliphatic heterocycles. The molecular weight excluding hydrogens is 208 g/mol. The summed E-state index contributed by atoms with van der Waals surface area (Å²) in [7, 11) is 0. The van der Waals surface area contributed by atoms with E-state index >= 15 is 0 Å². The van der Waals surface area contributed by atoms with E-state index in [0.29, 0.717) is 5.54 Å². The van der Waals surface area contributed by atoms with Crippen molar-refractivity contribution in [3.63, 3.8) is 0 Å². The van der Waals surface area contributed by atoms with Crippen LogP contribution in [-0.2, 0) is 0 Å². The molecule has 0 aliphatic carbocycles. The van der Waals surface area contributed by atoms with E-state index in [4.69, 9.17) is 0 Å². The Morgan fingerprint density at radius 3 is 2.59 bits per heavy atom. The van der Waals surface area contributed by atoms with Crippen LogP contribution in [-0.4, -0.2) is 36.1 Å². The predicted octanol–water partition coefficient (Wildman–Crippen LogP) is 3.28. The zero-order valence-corrected chi connectivity index (χ0v) is 12.6. The number of piperazine rings is 1. The van der Waals surface area contributed by atoms with Gasteiger partial charge in [-0.2, -0.15) is 0 Å². The predicted molar refractivity (Wildman–Crippen MR) is 76.4 cm³/mol. The Bertz CT molecular complexity index is 217. The maximum absolute atomic E-state index is 3.74. The van der Waals surface area contributed by atoms with E-state index in [1.54, 1.807) is 0 Å². The van der Waals surface area contributed by atoms with Crippen LogP contribution in [0.1, 0.15) is 60.3 Å². The van der Waals surface area contributed by atoms with Gasteiger partial charge in [-0.3, -0.25) is 4.90 Å². The summed E-state index contributed by atoms with van der Waals surface area (Å²) in [4.78, 5) is 2.74. The molecule has 102 valence electrons. The monoisotopic (exact) mass is 240 g/mol. The van der Waals surface area contributed by atoms with Gasteiger partial charge in [-0.05, 0) is 32.1 Å². The topological polar surface area (TPSA) is 15.3 Å². The molecule has 1 aliphatic rings. The Balaban J connectivity index is 2.57. The largest absolute Gasteiger partial charge is 0.309 e. The van der Waals surface area contributed by atoms with Crippen molar-refractivity contribution in [2.45, 2.75) is 71.9 Å². The molecule has 0 bridgehead atoms. The lowest BCUT2D eigenvalue weighted by Gasteiger charge is -2.46. The summed E-state index contributed by atoms with van der Waals surface area (Å²) < 4.78 is 0. The van der Waals surface area contributed by atoms with E-state index in [1.807, 2.05) is 0 Å². The van der Waals surface area contributed by atoms with Gasteiger partial charge < -0.3 is 5.32 Å². The molecule has 2 nitrogen and oxygen atoms in total. The molecule has 0 spiro atoms. The lowest BCUT2D eigenvalue weighted by Crippen LogP contribution is -2.63. The highest BCUT2D eigenvalue weighted by Crippen LogP contribution is 2.22. The summed E-state index contributed by atoms with van der Waals surface area (Å²) in [5, 5.41) is 3.74. The maximum Gasteiger partial charge on any atom is 0.0278 e. The van der Waals surface area contributed by atoms with Crippen molar-refractivity contribution in [3.05, 3.63) is 0 Å². The van der Waals surface area contributed by atoms with Gasteiger partial charge in [0.05, 0.1) is 0 Å². The molecule has 2 heteroatoms. The van der Waals surface area contributed by atoms with E-state index < -0.39 is 0 Å². The van der Waals surface area contributed by atoms with E-state index in [2.05, 4.69) is 44.8 Å². The second-order valence-corrected chi connectivity index (χ2v) is 6.18. The molecule has 1 N–H and O–H groups in total. The maximum atomic E-state index is 3.74. The fourth-order valence-electron chi connectivity index (χ4n) is 2.96. The zero-order valence-electron chi connectivity index (χ0n) is 12.6. The van der Waals surface area contributed by atoms with Crippen LogP contribution in [0.4, 0.5) is 0 Å². The van der Waals surface area contributed by atoms with Crippen molar-refractivity contribution in [1.29, 1.82) is 0 Å². The molecule has 3 unspecified atom stereocenters. The highest BCUT2D eigenvalue weighted by molar-refractivity contribution is 4.94. The van der Waals surface area contributed by atoms with Crippen LogP contribution in [0.2, 0.25) is 0 Å². The third-order valence-electron chi connectivity index (χ3n) is 4.41. The van der Waals surface area contributed by atoms with Crippen LogP contribution in [0.25, 0.3) is 0 Å². The van der Waals surface area contributed by atoms with Crippen molar-refractivity contribution in [2.24, 2.45) is 5.92 Å². The van der Waals surface area contributed by atoms with Gasteiger partial charge in [0.15, 0.2) is 0 Å². The first-order valence-electron chi connectivity index (χ1n) is 7.53. The van der Waals surface area contributed by atoms with Gasteiger partial charge in [0.2, 0.25) is 0 Å². The molecule has 1 saturated heterocycles. The highest BCUT2D eigenvalue weighted by atomic mass is 15.2. The third-order valence-corrected chi connectivity index (χ3v) is 4.41. The highest BCUT2D eigenvalue weighted by Gasteiger charge is 2.33. The first-order chi connectivity index (χ1) is 8.04. The van der Waals surface area contributed by atoms with Gasteiger partial charge in [0, 0.05) is 31.2 Å². The number of hydrogen-bond acceptors (Lipinski definition) is 2. The van der Waals surface area contributed by atoms with Crippen molar-refractivity contribution in [3.8, 4) is 0 Å². The average molecular weight is 240 g/mol. The lowest BCUT2D eigenvalue weighted by atomic mass is 9.91. The van der Waals surface area contributed by atoms with Crippen LogP contribution in [0.3, 0.4) is 0 Å². The second-order valence-electron chi connectivity index (χ2n) is 6.18. The molecule has 0 amide bonds. The van der Waals surface area contributed by atoms with Crippen molar-refractivity contribution in [1.82, 2.24) is 10.2 Å². The van der Waals surface area contributed by atoms with Crippen molar-refractivity contribution in [2.75, 3.05) is 19.6 Å². The molecule has 0 radical (unpaired) electrons. The average Bonchev–Trinajstić information content (AvgIpc) is 2.30. The first kappa shape index (κ1) is 15.0. The van der Waals surface area contributed by atoms with E-state index in [0.717, 1.165) is 12.0 Å². The Morgan fingerprint density at radius 2 is 2.06 bits per heavy atom. The smallest absolute Gasteiger partial charge is 0.0278 e. The summed E-state index contributed by atoms with van der Waals surface area (Å²) in [6.07, 6.45) is 5.17. The summed E-state index contributed by atoms with van der Waals surface area (Å²) in [5.41, 5.74) is 0.331. The molecule has 0 aromatic heterocycles. The number of hydrogen-bond donors (Lipinski definition) is 1. The summed E-state index contributed by atoms with van der Waals surface area (Å²) >= 11 is 0. The van der Waals surface area contributed by atoms with Crippen LogP contribution < -0.4 is 5.32 Å². The van der Waals surface area contributed by atoms with Gasteiger partial charge in [-0.1, -0.05) is 34.1 Å². The summed E-state index contributed by atoms with van der Waals surface area (Å²) in [5.74, 6) is 0.841. The van der Waals surface area contributed by atoms with Gasteiger partial charge in [0.1, 0.15) is 0 Å². The quantitative estimate of drug-likeness (QED) is 0.766. The van der Waals surface area contributed by atoms with Gasteiger partial charge in [-0.25, -0.2) is 0 Å². The minimum atomic E-state index is 0.331. The molecule has 1 rings (SSSR count). The van der Waals surface area contributed by atoms with Crippen LogP contribution in [0.5, 0.6) is 0 Å². The lowest BCUT2D eigenvalue weighted by molar-refractivity contribution is 0.0684. The van der Waals surface area contributed by atoms with Crippen molar-refractivity contribution < 1.29 is 0 Å². The second kappa shape index (κ2) is 6.75. The molecular formula is C15H32N2. The SMILES string of the molecule is CCCC(C)CN1CC(C)(CC)NCC1CC. The molecule has 1 heterocycles. The Hall–Kier alpha value is -0.0800. The number of nitrogens with zero attached hydrogens (tertiary/aromatic N) is 1. The van der Waals surface area contributed by atoms with E-state index in [9.17, 15) is 0 Å². The van der Waals surface area contributed by atoms with Gasteiger partial charge in [0.25, 0.3) is 0 Å². The van der Waals surface area contributed by atoms with E-state index in [1.165, 1.54) is 45.3 Å². The zero-order chi connectivity index (χ0) is 12.9. The molecule has 1 fully saturated rings. The molecule has 17 heavy (non-hydrogen) atoms. The van der Waals surface area contributed by atoms with E-state index in [-0.39, 0.29) is 0 Å². The molecule has 0 aromatic carbocycles. The van der Waals surface area contributed by atoms with Gasteiger partial charge >= 0.3 is 0 Å². The summed E-state index contributed by atoms with van der Waals surface area (Å²) in [6, 6.07) is 0.744. The molecule has 0 aromatic rings. The molecule has 0 saturated carbocycles. The van der Waals surface area contributed by atoms with Crippen molar-refractivity contribution >= 4 is 0 Å². The normalized spacial score (nSPS) is 32.6. The Labute approximate surface area is 108 Å². The number of nitrogens with one attached hydrogen (secondary N) is 1. The minimum absolute atomic E-state index is 0.331. The fourth-order valence-corrected chi connectivity index (χ4v) is 2.96. The number of rotatable bonds is 6. The first-order valence-corrected chi connectivity index (χ1v) is 7.53. The van der Waals surface area contributed by atoms with Gasteiger partial charge in [-0.15, -0.1) is 0 Å². The minimum Gasteiger partial charge on any atom is -0.309 e.